The van der Waals surface area contributed by atoms with Crippen molar-refractivity contribution >= 4 is 5.82 Å². The lowest BCUT2D eigenvalue weighted by atomic mass is 10.0. The first kappa shape index (κ1) is 9.42. The fourth-order valence-electron chi connectivity index (χ4n) is 2.01. The van der Waals surface area contributed by atoms with E-state index >= 15 is 0 Å². The predicted molar refractivity (Wildman–Crippen MR) is 61.5 cm³/mol. The number of nitrogens with two attached hydrogens (primary N) is 1. The van der Waals surface area contributed by atoms with E-state index in [4.69, 9.17) is 10.5 Å². The summed E-state index contributed by atoms with van der Waals surface area (Å²) in [5.41, 5.74) is 10.6. The SMILES string of the molecule is Cn1ncc(-c2ccc3c(c2)COC3)c1N. The largest absolute Gasteiger partial charge is 0.383 e. The highest BCUT2D eigenvalue weighted by Gasteiger charge is 2.14. The lowest BCUT2D eigenvalue weighted by Crippen LogP contribution is -1.98. The fourth-order valence-corrected chi connectivity index (χ4v) is 2.01. The van der Waals surface area contributed by atoms with E-state index in [0.29, 0.717) is 12.4 Å². The summed E-state index contributed by atoms with van der Waals surface area (Å²) >= 11 is 0. The number of fused-ring (bicyclic) bond motifs is 1. The Bertz CT molecular complexity index is 545. The van der Waals surface area contributed by atoms with Gasteiger partial charge in [0, 0.05) is 12.6 Å². The second-order valence-corrected chi connectivity index (χ2v) is 4.04. The van der Waals surface area contributed by atoms with Crippen LogP contribution >= 0.6 is 0 Å². The van der Waals surface area contributed by atoms with Gasteiger partial charge in [-0.1, -0.05) is 12.1 Å². The molecule has 1 aliphatic rings. The number of hydrogen-bond acceptors (Lipinski definition) is 3. The zero-order chi connectivity index (χ0) is 11.1. The Labute approximate surface area is 93.6 Å². The van der Waals surface area contributed by atoms with Gasteiger partial charge in [-0.2, -0.15) is 5.10 Å². The van der Waals surface area contributed by atoms with Crippen LogP contribution in [0.5, 0.6) is 0 Å². The summed E-state index contributed by atoms with van der Waals surface area (Å²) < 4.78 is 7.07. The molecule has 2 N–H and O–H groups in total. The number of aromatic nitrogens is 2. The first-order valence-corrected chi connectivity index (χ1v) is 5.23. The third kappa shape index (κ3) is 1.31. The zero-order valence-electron chi connectivity index (χ0n) is 9.10. The van der Waals surface area contributed by atoms with Gasteiger partial charge in [0.25, 0.3) is 0 Å². The van der Waals surface area contributed by atoms with Crippen molar-refractivity contribution in [2.75, 3.05) is 5.73 Å². The van der Waals surface area contributed by atoms with Gasteiger partial charge in [0.1, 0.15) is 5.82 Å². The quantitative estimate of drug-likeness (QED) is 0.787. The topological polar surface area (TPSA) is 53.1 Å². The minimum absolute atomic E-state index is 0.693. The van der Waals surface area contributed by atoms with Gasteiger partial charge in [-0.3, -0.25) is 4.68 Å². The van der Waals surface area contributed by atoms with Crippen molar-refractivity contribution in [3.8, 4) is 11.1 Å². The maximum Gasteiger partial charge on any atom is 0.129 e. The smallest absolute Gasteiger partial charge is 0.129 e. The highest BCUT2D eigenvalue weighted by atomic mass is 16.5. The number of ether oxygens (including phenoxy) is 1. The van der Waals surface area contributed by atoms with Gasteiger partial charge < -0.3 is 10.5 Å². The Morgan fingerprint density at radius 2 is 2.12 bits per heavy atom. The molecule has 16 heavy (non-hydrogen) atoms. The second kappa shape index (κ2) is 3.35. The molecule has 1 aliphatic heterocycles. The monoisotopic (exact) mass is 215 g/mol. The van der Waals surface area contributed by atoms with Crippen LogP contribution in [-0.4, -0.2) is 9.78 Å². The molecule has 0 fully saturated rings. The molecule has 2 heterocycles. The minimum atomic E-state index is 0.693. The number of nitrogens with zero attached hydrogens (tertiary/aromatic N) is 2. The molecule has 2 aromatic rings. The first-order valence-electron chi connectivity index (χ1n) is 5.23. The molecule has 0 saturated heterocycles. The summed E-state index contributed by atoms with van der Waals surface area (Å²) in [5.74, 6) is 0.693. The average molecular weight is 215 g/mol. The standard InChI is InChI=1S/C12H13N3O/c1-15-12(13)11(5-14-15)8-2-3-9-6-16-7-10(9)4-8/h2-5H,6-7,13H2,1H3. The highest BCUT2D eigenvalue weighted by molar-refractivity contribution is 5.74. The summed E-state index contributed by atoms with van der Waals surface area (Å²) in [4.78, 5) is 0. The van der Waals surface area contributed by atoms with Crippen LogP contribution in [0, 0.1) is 0 Å². The predicted octanol–water partition coefficient (Wildman–Crippen LogP) is 1.70. The summed E-state index contributed by atoms with van der Waals surface area (Å²) in [6.45, 7) is 1.42. The average Bonchev–Trinajstić information content (AvgIpc) is 2.86. The number of anilines is 1. The Kier molecular flexibility index (Phi) is 1.97. The van der Waals surface area contributed by atoms with Crippen molar-refractivity contribution in [1.29, 1.82) is 0 Å². The third-order valence-electron chi connectivity index (χ3n) is 3.02. The van der Waals surface area contributed by atoms with E-state index in [1.807, 2.05) is 7.05 Å². The van der Waals surface area contributed by atoms with Gasteiger partial charge >= 0.3 is 0 Å². The van der Waals surface area contributed by atoms with Crippen LogP contribution in [0.4, 0.5) is 5.82 Å². The molecule has 4 heteroatoms. The number of hydrogen-bond donors (Lipinski definition) is 1. The van der Waals surface area contributed by atoms with Crippen molar-refractivity contribution in [1.82, 2.24) is 9.78 Å². The van der Waals surface area contributed by atoms with Crippen molar-refractivity contribution in [3.63, 3.8) is 0 Å². The summed E-state index contributed by atoms with van der Waals surface area (Å²) in [6.07, 6.45) is 1.80. The Morgan fingerprint density at radius 1 is 1.31 bits per heavy atom. The second-order valence-electron chi connectivity index (χ2n) is 4.04. The van der Waals surface area contributed by atoms with E-state index in [1.165, 1.54) is 11.1 Å². The van der Waals surface area contributed by atoms with Gasteiger partial charge in [0.15, 0.2) is 0 Å². The molecular weight excluding hydrogens is 202 g/mol. The number of benzene rings is 1. The van der Waals surface area contributed by atoms with Crippen LogP contribution in [-0.2, 0) is 25.0 Å². The van der Waals surface area contributed by atoms with Crippen molar-refractivity contribution in [3.05, 3.63) is 35.5 Å². The molecule has 0 radical (unpaired) electrons. The van der Waals surface area contributed by atoms with Crippen molar-refractivity contribution in [2.45, 2.75) is 13.2 Å². The summed E-state index contributed by atoms with van der Waals surface area (Å²) in [6, 6.07) is 6.31. The molecule has 0 atom stereocenters. The van der Waals surface area contributed by atoms with E-state index in [1.54, 1.807) is 10.9 Å². The molecule has 1 aromatic carbocycles. The Balaban J connectivity index is 2.10. The van der Waals surface area contributed by atoms with E-state index in [-0.39, 0.29) is 0 Å². The Morgan fingerprint density at radius 3 is 2.88 bits per heavy atom. The van der Waals surface area contributed by atoms with Gasteiger partial charge in [-0.15, -0.1) is 0 Å². The van der Waals surface area contributed by atoms with Crippen LogP contribution in [0.1, 0.15) is 11.1 Å². The van der Waals surface area contributed by atoms with E-state index in [2.05, 4.69) is 23.3 Å². The fraction of sp³-hybridized carbons (Fsp3) is 0.250. The van der Waals surface area contributed by atoms with E-state index in [9.17, 15) is 0 Å². The number of aryl methyl sites for hydroxylation is 1. The molecule has 0 saturated carbocycles. The lowest BCUT2D eigenvalue weighted by Gasteiger charge is -2.03. The number of nitrogen functional groups attached to an aromatic ring is 1. The molecule has 3 rings (SSSR count). The third-order valence-corrected chi connectivity index (χ3v) is 3.02. The molecule has 0 bridgehead atoms. The maximum absolute atomic E-state index is 5.95. The lowest BCUT2D eigenvalue weighted by molar-refractivity contribution is 0.134. The van der Waals surface area contributed by atoms with Crippen LogP contribution < -0.4 is 5.73 Å². The molecule has 0 unspecified atom stereocenters. The highest BCUT2D eigenvalue weighted by Crippen LogP contribution is 2.29. The van der Waals surface area contributed by atoms with Crippen LogP contribution in [0.25, 0.3) is 11.1 Å². The molecule has 0 spiro atoms. The van der Waals surface area contributed by atoms with Gasteiger partial charge in [-0.25, -0.2) is 0 Å². The van der Waals surface area contributed by atoms with Crippen LogP contribution in [0.2, 0.25) is 0 Å². The normalized spacial score (nSPS) is 14.1. The molecule has 4 nitrogen and oxygen atoms in total. The zero-order valence-corrected chi connectivity index (χ0v) is 9.10. The van der Waals surface area contributed by atoms with Crippen LogP contribution in [0.3, 0.4) is 0 Å². The van der Waals surface area contributed by atoms with Crippen molar-refractivity contribution in [2.24, 2.45) is 7.05 Å². The summed E-state index contributed by atoms with van der Waals surface area (Å²) in [7, 11) is 1.84. The maximum atomic E-state index is 5.95. The Hall–Kier alpha value is -1.81. The van der Waals surface area contributed by atoms with Gasteiger partial charge in [-0.05, 0) is 22.8 Å². The van der Waals surface area contributed by atoms with E-state index in [0.717, 1.165) is 17.7 Å². The number of rotatable bonds is 1. The van der Waals surface area contributed by atoms with Gasteiger partial charge in [0.2, 0.25) is 0 Å². The van der Waals surface area contributed by atoms with Crippen molar-refractivity contribution < 1.29 is 4.74 Å². The molecular formula is C12H13N3O. The summed E-state index contributed by atoms with van der Waals surface area (Å²) in [5, 5.41) is 4.15. The van der Waals surface area contributed by atoms with Gasteiger partial charge in [0.05, 0.1) is 19.4 Å². The first-order chi connectivity index (χ1) is 7.75. The molecule has 0 aliphatic carbocycles. The molecule has 82 valence electrons. The minimum Gasteiger partial charge on any atom is -0.383 e. The molecule has 0 amide bonds. The van der Waals surface area contributed by atoms with E-state index < -0.39 is 0 Å². The molecule has 1 aromatic heterocycles. The van der Waals surface area contributed by atoms with Crippen LogP contribution in [0.15, 0.2) is 24.4 Å².